The first-order valence-electron chi connectivity index (χ1n) is 6.88. The Morgan fingerprint density at radius 1 is 1.14 bits per heavy atom. The second-order valence-electron chi connectivity index (χ2n) is 5.08. The van der Waals surface area contributed by atoms with Gasteiger partial charge in [-0.05, 0) is 42.2 Å². The molecule has 0 spiro atoms. The predicted octanol–water partition coefficient (Wildman–Crippen LogP) is 4.14. The monoisotopic (exact) mass is 297 g/mol. The average molecular weight is 298 g/mol. The highest BCUT2D eigenvalue weighted by Crippen LogP contribution is 2.32. The molecule has 3 rings (SSSR count). The maximum atomic E-state index is 6.28. The van der Waals surface area contributed by atoms with Gasteiger partial charge in [0, 0.05) is 35.2 Å². The number of nitrogens with one attached hydrogen (secondary N) is 1. The van der Waals surface area contributed by atoms with Gasteiger partial charge in [-0.1, -0.05) is 29.8 Å². The summed E-state index contributed by atoms with van der Waals surface area (Å²) >= 11 is 6.28. The lowest BCUT2D eigenvalue weighted by molar-refractivity contribution is 0.771. The van der Waals surface area contributed by atoms with E-state index < -0.39 is 0 Å². The molecule has 3 nitrogen and oxygen atoms in total. The zero-order chi connectivity index (χ0) is 14.7. The molecule has 1 atom stereocenters. The fraction of sp³-hybridized carbons (Fsp3) is 0.176. The van der Waals surface area contributed by atoms with Gasteiger partial charge in [-0.3, -0.25) is 4.98 Å². The summed E-state index contributed by atoms with van der Waals surface area (Å²) in [6, 6.07) is 10.1. The molecule has 1 aromatic carbocycles. The molecule has 0 saturated heterocycles. The van der Waals surface area contributed by atoms with E-state index in [4.69, 9.17) is 11.6 Å². The third-order valence-corrected chi connectivity index (χ3v) is 4.15. The van der Waals surface area contributed by atoms with Crippen LogP contribution in [0.4, 0.5) is 0 Å². The Labute approximate surface area is 129 Å². The zero-order valence-corrected chi connectivity index (χ0v) is 12.5. The van der Waals surface area contributed by atoms with Crippen LogP contribution in [0.2, 0.25) is 5.02 Å². The van der Waals surface area contributed by atoms with E-state index in [1.54, 1.807) is 12.5 Å². The Morgan fingerprint density at radius 3 is 2.76 bits per heavy atom. The van der Waals surface area contributed by atoms with Crippen LogP contribution in [0.1, 0.15) is 28.3 Å². The lowest BCUT2D eigenvalue weighted by Crippen LogP contribution is -2.08. The number of halogens is 1. The number of rotatable bonds is 4. The van der Waals surface area contributed by atoms with Gasteiger partial charge in [0.15, 0.2) is 0 Å². The Balaban J connectivity index is 2.03. The standard InChI is InChI=1S/C17H16ClN3/c1-12-14(5-2-6-16(12)18)15(17-10-20-11-21-17)8-13-4-3-7-19-9-13/h2-7,9-11,15H,8H2,1H3,(H,20,21)/t15-/m0/s1. The molecule has 0 aliphatic rings. The number of pyridine rings is 1. The van der Waals surface area contributed by atoms with E-state index in [1.807, 2.05) is 30.6 Å². The van der Waals surface area contributed by atoms with Crippen LogP contribution < -0.4 is 0 Å². The van der Waals surface area contributed by atoms with Crippen LogP contribution >= 0.6 is 11.6 Å². The molecular weight excluding hydrogens is 282 g/mol. The smallest absolute Gasteiger partial charge is 0.0921 e. The molecule has 0 fully saturated rings. The quantitative estimate of drug-likeness (QED) is 0.786. The summed E-state index contributed by atoms with van der Waals surface area (Å²) in [5.41, 5.74) is 4.61. The molecule has 21 heavy (non-hydrogen) atoms. The summed E-state index contributed by atoms with van der Waals surface area (Å²) in [6.07, 6.45) is 8.15. The first kappa shape index (κ1) is 13.8. The molecule has 2 heterocycles. The van der Waals surface area contributed by atoms with Gasteiger partial charge in [-0.25, -0.2) is 4.98 Å². The van der Waals surface area contributed by atoms with Gasteiger partial charge >= 0.3 is 0 Å². The Morgan fingerprint density at radius 2 is 2.05 bits per heavy atom. The summed E-state index contributed by atoms with van der Waals surface area (Å²) in [5.74, 6) is 0.190. The van der Waals surface area contributed by atoms with Crippen molar-refractivity contribution in [1.82, 2.24) is 15.0 Å². The molecule has 0 aliphatic carbocycles. The fourth-order valence-electron chi connectivity index (χ4n) is 2.60. The lowest BCUT2D eigenvalue weighted by Gasteiger charge is -2.19. The molecular formula is C17H16ClN3. The number of H-pyrrole nitrogens is 1. The molecule has 0 radical (unpaired) electrons. The Kier molecular flexibility index (Phi) is 4.02. The highest BCUT2D eigenvalue weighted by Gasteiger charge is 2.19. The van der Waals surface area contributed by atoms with Crippen molar-refractivity contribution in [1.29, 1.82) is 0 Å². The number of hydrogen-bond acceptors (Lipinski definition) is 2. The zero-order valence-electron chi connectivity index (χ0n) is 11.8. The van der Waals surface area contributed by atoms with Crippen LogP contribution in [-0.4, -0.2) is 15.0 Å². The highest BCUT2D eigenvalue weighted by atomic mass is 35.5. The van der Waals surface area contributed by atoms with Crippen LogP contribution in [0.25, 0.3) is 0 Å². The van der Waals surface area contributed by atoms with Gasteiger partial charge in [0.1, 0.15) is 0 Å². The van der Waals surface area contributed by atoms with Gasteiger partial charge in [0.05, 0.1) is 6.33 Å². The van der Waals surface area contributed by atoms with Crippen LogP contribution in [0.5, 0.6) is 0 Å². The van der Waals surface area contributed by atoms with E-state index in [1.165, 1.54) is 11.1 Å². The van der Waals surface area contributed by atoms with Gasteiger partial charge in [0.2, 0.25) is 0 Å². The minimum Gasteiger partial charge on any atom is -0.348 e. The van der Waals surface area contributed by atoms with Crippen LogP contribution in [0.15, 0.2) is 55.2 Å². The molecule has 1 N–H and O–H groups in total. The summed E-state index contributed by atoms with van der Waals surface area (Å²) in [5, 5.41) is 0.795. The van der Waals surface area contributed by atoms with Crippen molar-refractivity contribution in [2.45, 2.75) is 19.3 Å². The molecule has 0 amide bonds. The van der Waals surface area contributed by atoms with Gasteiger partial charge in [-0.15, -0.1) is 0 Å². The van der Waals surface area contributed by atoms with Crippen molar-refractivity contribution in [3.63, 3.8) is 0 Å². The number of benzene rings is 1. The van der Waals surface area contributed by atoms with E-state index in [0.717, 1.165) is 22.7 Å². The van der Waals surface area contributed by atoms with Crippen LogP contribution in [-0.2, 0) is 6.42 Å². The molecule has 106 valence electrons. The average Bonchev–Trinajstić information content (AvgIpc) is 3.03. The SMILES string of the molecule is Cc1c(Cl)cccc1[C@H](Cc1cccnc1)c1cnc[nH]1. The molecule has 0 unspecified atom stereocenters. The molecule has 2 aromatic heterocycles. The molecule has 4 heteroatoms. The van der Waals surface area contributed by atoms with E-state index in [-0.39, 0.29) is 5.92 Å². The molecule has 0 bridgehead atoms. The van der Waals surface area contributed by atoms with Crippen molar-refractivity contribution in [2.75, 3.05) is 0 Å². The predicted molar refractivity (Wildman–Crippen MR) is 84.6 cm³/mol. The normalized spacial score (nSPS) is 12.3. The minimum absolute atomic E-state index is 0.190. The highest BCUT2D eigenvalue weighted by molar-refractivity contribution is 6.31. The molecule has 3 aromatic rings. The summed E-state index contributed by atoms with van der Waals surface area (Å²) in [7, 11) is 0. The fourth-order valence-corrected chi connectivity index (χ4v) is 2.78. The van der Waals surface area contributed by atoms with E-state index in [9.17, 15) is 0 Å². The van der Waals surface area contributed by atoms with Crippen molar-refractivity contribution >= 4 is 11.6 Å². The second kappa shape index (κ2) is 6.10. The van der Waals surface area contributed by atoms with Crippen molar-refractivity contribution in [3.8, 4) is 0 Å². The topological polar surface area (TPSA) is 41.6 Å². The molecule has 0 saturated carbocycles. The Bertz CT molecular complexity index is 708. The van der Waals surface area contributed by atoms with Gasteiger partial charge in [-0.2, -0.15) is 0 Å². The second-order valence-corrected chi connectivity index (χ2v) is 5.49. The van der Waals surface area contributed by atoms with Crippen LogP contribution in [0, 0.1) is 6.92 Å². The van der Waals surface area contributed by atoms with Crippen LogP contribution in [0.3, 0.4) is 0 Å². The van der Waals surface area contributed by atoms with Gasteiger partial charge < -0.3 is 4.98 Å². The van der Waals surface area contributed by atoms with Crippen molar-refractivity contribution < 1.29 is 0 Å². The summed E-state index contributed by atoms with van der Waals surface area (Å²) in [4.78, 5) is 11.6. The van der Waals surface area contributed by atoms with Gasteiger partial charge in [0.25, 0.3) is 0 Å². The lowest BCUT2D eigenvalue weighted by atomic mass is 9.87. The van der Waals surface area contributed by atoms with E-state index >= 15 is 0 Å². The maximum absolute atomic E-state index is 6.28. The van der Waals surface area contributed by atoms with Crippen molar-refractivity contribution in [2.24, 2.45) is 0 Å². The number of nitrogens with zero attached hydrogens (tertiary/aromatic N) is 2. The summed E-state index contributed by atoms with van der Waals surface area (Å²) in [6.45, 7) is 2.06. The third-order valence-electron chi connectivity index (χ3n) is 3.74. The third kappa shape index (κ3) is 2.98. The summed E-state index contributed by atoms with van der Waals surface area (Å²) < 4.78 is 0. The largest absolute Gasteiger partial charge is 0.348 e. The first-order valence-corrected chi connectivity index (χ1v) is 7.25. The first-order chi connectivity index (χ1) is 10.3. The molecule has 0 aliphatic heterocycles. The number of hydrogen-bond donors (Lipinski definition) is 1. The number of imidazole rings is 1. The van der Waals surface area contributed by atoms with E-state index in [0.29, 0.717) is 0 Å². The van der Waals surface area contributed by atoms with E-state index in [2.05, 4.69) is 34.0 Å². The maximum Gasteiger partial charge on any atom is 0.0921 e. The number of aromatic nitrogens is 3. The van der Waals surface area contributed by atoms with Crippen molar-refractivity contribution in [3.05, 3.63) is 82.7 Å². The number of aromatic amines is 1. The Hall–Kier alpha value is -2.13. The minimum atomic E-state index is 0.190.